The number of carbonyl (C=O) groups is 2. The molecule has 1 amide bonds. The van der Waals surface area contributed by atoms with E-state index in [1.54, 1.807) is 25.1 Å². The molecule has 2 heterocycles. The number of oxazole rings is 1. The SMILES string of the molecule is CCOc1ccccc1NC(=O)C(C)OC(=O)C1CCN(c2nc3ccccc3o2)CC1. The van der Waals surface area contributed by atoms with Gasteiger partial charge < -0.3 is 24.1 Å². The van der Waals surface area contributed by atoms with Crippen LogP contribution in [0, 0.1) is 5.92 Å². The van der Waals surface area contributed by atoms with Gasteiger partial charge in [0.05, 0.1) is 18.2 Å². The zero-order valence-corrected chi connectivity index (χ0v) is 18.2. The molecule has 0 saturated carbocycles. The van der Waals surface area contributed by atoms with E-state index in [2.05, 4.69) is 10.3 Å². The van der Waals surface area contributed by atoms with Gasteiger partial charge >= 0.3 is 5.97 Å². The number of ether oxygens (including phenoxy) is 2. The Labute approximate surface area is 186 Å². The molecule has 1 aliphatic rings. The van der Waals surface area contributed by atoms with Gasteiger partial charge in [-0.25, -0.2) is 0 Å². The second-order valence-electron chi connectivity index (χ2n) is 7.72. The molecule has 0 aliphatic carbocycles. The fourth-order valence-electron chi connectivity index (χ4n) is 3.71. The number of benzene rings is 2. The Hall–Kier alpha value is -3.55. The zero-order valence-electron chi connectivity index (χ0n) is 18.2. The molecule has 1 aliphatic heterocycles. The third kappa shape index (κ3) is 4.85. The van der Waals surface area contributed by atoms with Gasteiger partial charge in [0.15, 0.2) is 11.7 Å². The van der Waals surface area contributed by atoms with Gasteiger partial charge in [0.2, 0.25) is 0 Å². The molecule has 4 rings (SSSR count). The number of aromatic nitrogens is 1. The summed E-state index contributed by atoms with van der Waals surface area (Å²) in [6.45, 7) is 5.20. The molecule has 3 aromatic rings. The molecule has 1 fully saturated rings. The summed E-state index contributed by atoms with van der Waals surface area (Å²) in [7, 11) is 0. The van der Waals surface area contributed by atoms with Gasteiger partial charge in [0, 0.05) is 13.1 Å². The highest BCUT2D eigenvalue weighted by atomic mass is 16.5. The van der Waals surface area contributed by atoms with E-state index in [0.29, 0.717) is 50.0 Å². The van der Waals surface area contributed by atoms with Crippen molar-refractivity contribution in [1.29, 1.82) is 0 Å². The van der Waals surface area contributed by atoms with E-state index in [1.165, 1.54) is 0 Å². The van der Waals surface area contributed by atoms with E-state index in [1.807, 2.05) is 42.2 Å². The molecular formula is C24H27N3O5. The maximum absolute atomic E-state index is 12.6. The number of hydrogen-bond acceptors (Lipinski definition) is 7. The molecular weight excluding hydrogens is 410 g/mol. The lowest BCUT2D eigenvalue weighted by Crippen LogP contribution is -2.39. The van der Waals surface area contributed by atoms with Crippen LogP contribution < -0.4 is 15.0 Å². The van der Waals surface area contributed by atoms with Crippen molar-refractivity contribution in [3.05, 3.63) is 48.5 Å². The highest BCUT2D eigenvalue weighted by Crippen LogP contribution is 2.27. The Kier molecular flexibility index (Phi) is 6.58. The number of amides is 1. The Morgan fingerprint density at radius 1 is 1.16 bits per heavy atom. The van der Waals surface area contributed by atoms with E-state index < -0.39 is 12.0 Å². The van der Waals surface area contributed by atoms with Crippen LogP contribution in [-0.4, -0.2) is 42.7 Å². The van der Waals surface area contributed by atoms with Gasteiger partial charge in [-0.05, 0) is 51.0 Å². The van der Waals surface area contributed by atoms with E-state index in [9.17, 15) is 9.59 Å². The molecule has 8 heteroatoms. The molecule has 1 atom stereocenters. The number of piperidine rings is 1. The number of para-hydroxylation sites is 4. The van der Waals surface area contributed by atoms with Crippen molar-refractivity contribution >= 4 is 34.7 Å². The molecule has 0 bridgehead atoms. The topological polar surface area (TPSA) is 93.9 Å². The summed E-state index contributed by atoms with van der Waals surface area (Å²) in [5.74, 6) is -0.438. The van der Waals surface area contributed by atoms with Crippen molar-refractivity contribution in [2.24, 2.45) is 5.92 Å². The van der Waals surface area contributed by atoms with Crippen LogP contribution in [0.1, 0.15) is 26.7 Å². The summed E-state index contributed by atoms with van der Waals surface area (Å²) < 4.78 is 16.8. The predicted molar refractivity (Wildman–Crippen MR) is 121 cm³/mol. The molecule has 168 valence electrons. The Morgan fingerprint density at radius 3 is 2.62 bits per heavy atom. The van der Waals surface area contributed by atoms with E-state index in [4.69, 9.17) is 13.9 Å². The lowest BCUT2D eigenvalue weighted by molar-refractivity contribution is -0.158. The summed E-state index contributed by atoms with van der Waals surface area (Å²) in [5.41, 5.74) is 2.11. The molecule has 8 nitrogen and oxygen atoms in total. The fraction of sp³-hybridized carbons (Fsp3) is 0.375. The summed E-state index contributed by atoms with van der Waals surface area (Å²) >= 11 is 0. The minimum Gasteiger partial charge on any atom is -0.492 e. The largest absolute Gasteiger partial charge is 0.492 e. The molecule has 0 spiro atoms. The maximum atomic E-state index is 12.6. The quantitative estimate of drug-likeness (QED) is 0.558. The molecule has 0 radical (unpaired) electrons. The number of anilines is 2. The monoisotopic (exact) mass is 437 g/mol. The van der Waals surface area contributed by atoms with Gasteiger partial charge in [-0.2, -0.15) is 4.98 Å². The highest BCUT2D eigenvalue weighted by Gasteiger charge is 2.30. The number of carbonyl (C=O) groups excluding carboxylic acids is 2. The molecule has 1 N–H and O–H groups in total. The third-order valence-electron chi connectivity index (χ3n) is 5.49. The van der Waals surface area contributed by atoms with E-state index >= 15 is 0 Å². The Morgan fingerprint density at radius 2 is 1.88 bits per heavy atom. The molecule has 32 heavy (non-hydrogen) atoms. The van der Waals surface area contributed by atoms with Crippen LogP contribution in [0.15, 0.2) is 52.9 Å². The predicted octanol–water partition coefficient (Wildman–Crippen LogP) is 4.01. The van der Waals surface area contributed by atoms with Crippen LogP contribution in [0.4, 0.5) is 11.7 Å². The fourth-order valence-corrected chi connectivity index (χ4v) is 3.71. The summed E-state index contributed by atoms with van der Waals surface area (Å²) in [6, 6.07) is 15.4. The third-order valence-corrected chi connectivity index (χ3v) is 5.49. The average Bonchev–Trinajstić information content (AvgIpc) is 3.25. The lowest BCUT2D eigenvalue weighted by atomic mass is 9.97. The summed E-state index contributed by atoms with van der Waals surface area (Å²) in [6.07, 6.45) is 0.310. The van der Waals surface area contributed by atoms with Crippen molar-refractivity contribution in [2.45, 2.75) is 32.8 Å². The maximum Gasteiger partial charge on any atom is 0.309 e. The summed E-state index contributed by atoms with van der Waals surface area (Å²) in [4.78, 5) is 31.7. The van der Waals surface area contributed by atoms with Crippen molar-refractivity contribution in [3.8, 4) is 5.75 Å². The van der Waals surface area contributed by atoms with Crippen molar-refractivity contribution in [2.75, 3.05) is 29.9 Å². The number of nitrogens with zero attached hydrogens (tertiary/aromatic N) is 2. The van der Waals surface area contributed by atoms with Crippen molar-refractivity contribution in [3.63, 3.8) is 0 Å². The number of esters is 1. The smallest absolute Gasteiger partial charge is 0.309 e. The van der Waals surface area contributed by atoms with Crippen LogP contribution in [0.3, 0.4) is 0 Å². The van der Waals surface area contributed by atoms with Crippen LogP contribution in [0.2, 0.25) is 0 Å². The zero-order chi connectivity index (χ0) is 22.5. The van der Waals surface area contributed by atoms with Crippen molar-refractivity contribution < 1.29 is 23.5 Å². The van der Waals surface area contributed by atoms with Crippen LogP contribution in [0.5, 0.6) is 5.75 Å². The van der Waals surface area contributed by atoms with Gasteiger partial charge in [-0.15, -0.1) is 0 Å². The van der Waals surface area contributed by atoms with Gasteiger partial charge in [-0.1, -0.05) is 24.3 Å². The molecule has 1 saturated heterocycles. The van der Waals surface area contributed by atoms with Gasteiger partial charge in [0.1, 0.15) is 11.3 Å². The van der Waals surface area contributed by atoms with Crippen LogP contribution >= 0.6 is 0 Å². The molecule has 1 aromatic heterocycles. The standard InChI is InChI=1S/C24H27N3O5/c1-3-30-20-10-6-4-8-18(20)25-22(28)16(2)31-23(29)17-12-14-27(15-13-17)24-26-19-9-5-7-11-21(19)32-24/h4-11,16-17H,3,12-15H2,1-2H3,(H,25,28). The molecule has 1 unspecified atom stereocenters. The Balaban J connectivity index is 1.29. The normalized spacial score (nSPS) is 15.4. The first-order valence-corrected chi connectivity index (χ1v) is 10.9. The first-order valence-electron chi connectivity index (χ1n) is 10.9. The molecule has 2 aromatic carbocycles. The van der Waals surface area contributed by atoms with E-state index in [0.717, 1.165) is 11.1 Å². The van der Waals surface area contributed by atoms with Gasteiger partial charge in [-0.3, -0.25) is 9.59 Å². The number of nitrogens with one attached hydrogen (secondary N) is 1. The minimum atomic E-state index is -0.910. The van der Waals surface area contributed by atoms with E-state index in [-0.39, 0.29) is 11.9 Å². The number of fused-ring (bicyclic) bond motifs is 1. The van der Waals surface area contributed by atoms with Gasteiger partial charge in [0.25, 0.3) is 11.9 Å². The minimum absolute atomic E-state index is 0.262. The second kappa shape index (κ2) is 9.72. The number of rotatable bonds is 7. The first-order chi connectivity index (χ1) is 15.5. The second-order valence-corrected chi connectivity index (χ2v) is 7.72. The average molecular weight is 437 g/mol. The lowest BCUT2D eigenvalue weighted by Gasteiger charge is -2.30. The summed E-state index contributed by atoms with van der Waals surface area (Å²) in [5, 5.41) is 2.77. The Bertz CT molecular complexity index is 1050. The van der Waals surface area contributed by atoms with Crippen LogP contribution in [0.25, 0.3) is 11.1 Å². The van der Waals surface area contributed by atoms with Crippen molar-refractivity contribution in [1.82, 2.24) is 4.98 Å². The van der Waals surface area contributed by atoms with Crippen LogP contribution in [-0.2, 0) is 14.3 Å². The highest BCUT2D eigenvalue weighted by molar-refractivity contribution is 5.96. The number of hydrogen-bond donors (Lipinski definition) is 1. The first kappa shape index (κ1) is 21.7.